The molecule has 0 bridgehead atoms. The van der Waals surface area contributed by atoms with Crippen LogP contribution in [0.5, 0.6) is 0 Å². The first-order valence-corrected chi connectivity index (χ1v) is 2.78. The normalized spacial score (nSPS) is 19.0. The van der Waals surface area contributed by atoms with Crippen LogP contribution in [0, 0.1) is 6.26 Å². The summed E-state index contributed by atoms with van der Waals surface area (Å²) in [6.07, 6.45) is 6.63. The maximum absolute atomic E-state index is 4.92. The highest BCUT2D eigenvalue weighted by Crippen LogP contribution is 2.38. The second-order valence-corrected chi connectivity index (χ2v) is 2.09. The molecule has 8 heavy (non-hydrogen) atoms. The van der Waals surface area contributed by atoms with Crippen LogP contribution in [0.15, 0.2) is 10.6 Å². The van der Waals surface area contributed by atoms with Crippen LogP contribution in [-0.4, -0.2) is 4.98 Å². The van der Waals surface area contributed by atoms with Gasteiger partial charge in [-0.3, -0.25) is 0 Å². The standard InChI is InChI=1S/C6H6NO/c1-2-5(1)6-7-3-4-8-6/h3,5H,1-2H2. The Kier molecular flexibility index (Phi) is 0.692. The Morgan fingerprint density at radius 3 is 3.12 bits per heavy atom. The Bertz CT molecular complexity index is 165. The van der Waals surface area contributed by atoms with E-state index < -0.39 is 0 Å². The zero-order chi connectivity index (χ0) is 5.40. The van der Waals surface area contributed by atoms with Crippen molar-refractivity contribution in [3.63, 3.8) is 0 Å². The summed E-state index contributed by atoms with van der Waals surface area (Å²) in [5, 5.41) is 0. The van der Waals surface area contributed by atoms with E-state index in [1.807, 2.05) is 0 Å². The van der Waals surface area contributed by atoms with Crippen molar-refractivity contribution in [3.8, 4) is 0 Å². The van der Waals surface area contributed by atoms with Gasteiger partial charge in [0.25, 0.3) is 0 Å². The third-order valence-electron chi connectivity index (χ3n) is 1.33. The van der Waals surface area contributed by atoms with Crippen LogP contribution < -0.4 is 0 Å². The van der Waals surface area contributed by atoms with E-state index in [1.54, 1.807) is 6.20 Å². The van der Waals surface area contributed by atoms with Crippen LogP contribution in [0.25, 0.3) is 0 Å². The molecule has 0 N–H and O–H groups in total. The van der Waals surface area contributed by atoms with Gasteiger partial charge in [-0.25, -0.2) is 4.98 Å². The lowest BCUT2D eigenvalue weighted by molar-refractivity contribution is 0.490. The minimum absolute atomic E-state index is 0.626. The Morgan fingerprint density at radius 2 is 2.62 bits per heavy atom. The molecule has 1 aliphatic rings. The lowest BCUT2D eigenvalue weighted by Gasteiger charge is -1.80. The minimum Gasteiger partial charge on any atom is -0.437 e. The highest BCUT2D eigenvalue weighted by Gasteiger charge is 2.27. The van der Waals surface area contributed by atoms with Gasteiger partial charge in [-0.15, -0.1) is 0 Å². The summed E-state index contributed by atoms with van der Waals surface area (Å²) in [7, 11) is 0. The van der Waals surface area contributed by atoms with Gasteiger partial charge in [0, 0.05) is 5.92 Å². The molecule has 1 aromatic rings. The second-order valence-electron chi connectivity index (χ2n) is 2.09. The summed E-state index contributed by atoms with van der Waals surface area (Å²) in [5.41, 5.74) is 0. The maximum atomic E-state index is 4.92. The van der Waals surface area contributed by atoms with Gasteiger partial charge in [0.15, 0.2) is 12.2 Å². The molecule has 2 heteroatoms. The molecule has 1 fully saturated rings. The van der Waals surface area contributed by atoms with Crippen LogP contribution in [0.2, 0.25) is 0 Å². The molecule has 1 heterocycles. The molecule has 2 rings (SSSR count). The number of oxazole rings is 1. The Morgan fingerprint density at radius 1 is 1.75 bits per heavy atom. The van der Waals surface area contributed by atoms with Crippen molar-refractivity contribution in [2.45, 2.75) is 18.8 Å². The average molecular weight is 108 g/mol. The first kappa shape index (κ1) is 4.13. The average Bonchev–Trinajstić information content (AvgIpc) is 2.49. The quantitative estimate of drug-likeness (QED) is 0.542. The van der Waals surface area contributed by atoms with Gasteiger partial charge in [-0.2, -0.15) is 0 Å². The van der Waals surface area contributed by atoms with E-state index in [0.717, 1.165) is 5.89 Å². The molecule has 0 aliphatic heterocycles. The summed E-state index contributed by atoms with van der Waals surface area (Å²) >= 11 is 0. The largest absolute Gasteiger partial charge is 0.437 e. The first-order chi connectivity index (χ1) is 3.97. The van der Waals surface area contributed by atoms with Crippen molar-refractivity contribution in [1.82, 2.24) is 4.98 Å². The van der Waals surface area contributed by atoms with Crippen LogP contribution in [0.1, 0.15) is 24.7 Å². The molecular formula is C6H6NO. The zero-order valence-corrected chi connectivity index (χ0v) is 4.42. The van der Waals surface area contributed by atoms with Crippen molar-refractivity contribution in [3.05, 3.63) is 18.4 Å². The molecule has 0 aromatic carbocycles. The highest BCUT2D eigenvalue weighted by molar-refractivity contribution is 4.99. The summed E-state index contributed by atoms with van der Waals surface area (Å²) in [4.78, 5) is 3.96. The van der Waals surface area contributed by atoms with Crippen molar-refractivity contribution in [2.75, 3.05) is 0 Å². The number of aromatic nitrogens is 1. The summed E-state index contributed by atoms with van der Waals surface area (Å²) in [6, 6.07) is 0. The van der Waals surface area contributed by atoms with Gasteiger partial charge in [-0.1, -0.05) is 0 Å². The molecular weight excluding hydrogens is 102 g/mol. The Labute approximate surface area is 47.5 Å². The molecule has 41 valence electrons. The number of hydrogen-bond donors (Lipinski definition) is 0. The van der Waals surface area contributed by atoms with Gasteiger partial charge >= 0.3 is 0 Å². The molecule has 0 spiro atoms. The van der Waals surface area contributed by atoms with E-state index in [-0.39, 0.29) is 0 Å². The SMILES string of the molecule is [c]1cnc(C2CC2)o1. The Balaban J connectivity index is 2.28. The number of nitrogens with zero attached hydrogens (tertiary/aromatic N) is 1. The summed E-state index contributed by atoms with van der Waals surface area (Å²) in [5.74, 6) is 1.49. The number of rotatable bonds is 1. The fourth-order valence-corrected chi connectivity index (χ4v) is 0.722. The van der Waals surface area contributed by atoms with E-state index in [4.69, 9.17) is 4.42 Å². The van der Waals surface area contributed by atoms with Crippen molar-refractivity contribution in [2.24, 2.45) is 0 Å². The van der Waals surface area contributed by atoms with E-state index in [1.165, 1.54) is 12.8 Å². The lowest BCUT2D eigenvalue weighted by Crippen LogP contribution is -1.73. The lowest BCUT2D eigenvalue weighted by atomic mass is 10.4. The third-order valence-corrected chi connectivity index (χ3v) is 1.33. The van der Waals surface area contributed by atoms with E-state index >= 15 is 0 Å². The van der Waals surface area contributed by atoms with Gasteiger partial charge in [0.1, 0.15) is 0 Å². The van der Waals surface area contributed by atoms with Gasteiger partial charge in [0.05, 0.1) is 6.20 Å². The molecule has 0 atom stereocenters. The monoisotopic (exact) mass is 108 g/mol. The van der Waals surface area contributed by atoms with Crippen molar-refractivity contribution < 1.29 is 4.42 Å². The van der Waals surface area contributed by atoms with Gasteiger partial charge < -0.3 is 4.42 Å². The predicted molar refractivity (Wildman–Crippen MR) is 27.3 cm³/mol. The van der Waals surface area contributed by atoms with Gasteiger partial charge in [-0.05, 0) is 12.8 Å². The highest BCUT2D eigenvalue weighted by atomic mass is 16.3. The summed E-state index contributed by atoms with van der Waals surface area (Å²) in [6.45, 7) is 0. The molecule has 0 amide bonds. The second kappa shape index (κ2) is 1.34. The van der Waals surface area contributed by atoms with E-state index in [9.17, 15) is 0 Å². The topological polar surface area (TPSA) is 26.0 Å². The summed E-state index contributed by atoms with van der Waals surface area (Å²) < 4.78 is 4.92. The number of hydrogen-bond acceptors (Lipinski definition) is 2. The van der Waals surface area contributed by atoms with Crippen LogP contribution >= 0.6 is 0 Å². The first-order valence-electron chi connectivity index (χ1n) is 2.78. The molecule has 2 nitrogen and oxygen atoms in total. The molecule has 0 unspecified atom stereocenters. The Hall–Kier alpha value is -0.790. The fraction of sp³-hybridized carbons (Fsp3) is 0.500. The third kappa shape index (κ3) is 0.529. The van der Waals surface area contributed by atoms with E-state index in [0.29, 0.717) is 5.92 Å². The van der Waals surface area contributed by atoms with Crippen LogP contribution in [0.4, 0.5) is 0 Å². The maximum Gasteiger partial charge on any atom is 0.198 e. The molecule has 1 radical (unpaired) electrons. The minimum atomic E-state index is 0.626. The molecule has 0 saturated heterocycles. The van der Waals surface area contributed by atoms with Crippen LogP contribution in [0.3, 0.4) is 0 Å². The van der Waals surface area contributed by atoms with Crippen LogP contribution in [-0.2, 0) is 0 Å². The molecule has 1 aromatic heterocycles. The van der Waals surface area contributed by atoms with Gasteiger partial charge in [0.2, 0.25) is 0 Å². The molecule has 1 saturated carbocycles. The fourth-order valence-electron chi connectivity index (χ4n) is 0.722. The van der Waals surface area contributed by atoms with Crippen molar-refractivity contribution in [1.29, 1.82) is 0 Å². The van der Waals surface area contributed by atoms with E-state index in [2.05, 4.69) is 11.2 Å². The molecule has 1 aliphatic carbocycles. The zero-order valence-electron chi connectivity index (χ0n) is 4.42. The smallest absolute Gasteiger partial charge is 0.198 e. The predicted octanol–water partition coefficient (Wildman–Crippen LogP) is 1.35. The van der Waals surface area contributed by atoms with Crippen molar-refractivity contribution >= 4 is 0 Å².